The SMILES string of the molecule is COC(=O)/C=C/c1ccccc1N=C=S. The van der Waals surface area contributed by atoms with Crippen molar-refractivity contribution in [1.82, 2.24) is 0 Å². The summed E-state index contributed by atoms with van der Waals surface area (Å²) in [6.45, 7) is 0. The summed E-state index contributed by atoms with van der Waals surface area (Å²) in [4.78, 5) is 14.8. The molecule has 0 atom stereocenters. The van der Waals surface area contributed by atoms with E-state index >= 15 is 0 Å². The molecule has 0 radical (unpaired) electrons. The van der Waals surface area contributed by atoms with Crippen LogP contribution in [0.15, 0.2) is 35.3 Å². The summed E-state index contributed by atoms with van der Waals surface area (Å²) in [6, 6.07) is 7.29. The molecule has 0 aromatic heterocycles. The van der Waals surface area contributed by atoms with Crippen LogP contribution in [-0.4, -0.2) is 18.2 Å². The number of rotatable bonds is 3. The predicted octanol–water partition coefficient (Wildman–Crippen LogP) is 2.61. The van der Waals surface area contributed by atoms with Crippen molar-refractivity contribution in [3.8, 4) is 0 Å². The maximum atomic E-state index is 10.9. The van der Waals surface area contributed by atoms with Crippen LogP contribution in [0.3, 0.4) is 0 Å². The van der Waals surface area contributed by atoms with Gasteiger partial charge in [0.2, 0.25) is 0 Å². The standard InChI is InChI=1S/C11H9NO2S/c1-14-11(13)7-6-9-4-2-3-5-10(9)12-8-15/h2-7H,1H3/b7-6+. The van der Waals surface area contributed by atoms with Gasteiger partial charge < -0.3 is 4.74 Å². The molecule has 0 amide bonds. The Morgan fingerprint density at radius 2 is 2.27 bits per heavy atom. The van der Waals surface area contributed by atoms with Gasteiger partial charge in [-0.1, -0.05) is 18.2 Å². The Morgan fingerprint density at radius 3 is 2.93 bits per heavy atom. The number of para-hydroxylation sites is 1. The molecular weight excluding hydrogens is 210 g/mol. The molecule has 0 heterocycles. The van der Waals surface area contributed by atoms with E-state index in [1.165, 1.54) is 13.2 Å². The van der Waals surface area contributed by atoms with Crippen LogP contribution in [0.5, 0.6) is 0 Å². The second-order valence-corrected chi connectivity index (χ2v) is 2.80. The first-order valence-electron chi connectivity index (χ1n) is 4.21. The van der Waals surface area contributed by atoms with Gasteiger partial charge in [-0.3, -0.25) is 0 Å². The lowest BCUT2D eigenvalue weighted by Crippen LogP contribution is -1.93. The van der Waals surface area contributed by atoms with E-state index in [0.29, 0.717) is 5.69 Å². The number of thiocarbonyl (C=S) groups is 1. The van der Waals surface area contributed by atoms with Gasteiger partial charge in [-0.15, -0.1) is 0 Å². The Kier molecular flexibility index (Phi) is 4.41. The van der Waals surface area contributed by atoms with Crippen molar-refractivity contribution < 1.29 is 9.53 Å². The topological polar surface area (TPSA) is 38.7 Å². The zero-order valence-corrected chi connectivity index (χ0v) is 8.95. The van der Waals surface area contributed by atoms with Crippen molar-refractivity contribution in [1.29, 1.82) is 0 Å². The second kappa shape index (κ2) is 5.86. The summed E-state index contributed by atoms with van der Waals surface area (Å²) in [7, 11) is 1.33. The molecule has 0 N–H and O–H groups in total. The molecule has 0 aliphatic rings. The van der Waals surface area contributed by atoms with Crippen LogP contribution < -0.4 is 0 Å². The molecule has 0 unspecified atom stereocenters. The number of methoxy groups -OCH3 is 1. The largest absolute Gasteiger partial charge is 0.466 e. The summed E-state index contributed by atoms with van der Waals surface area (Å²) >= 11 is 4.52. The second-order valence-electron chi connectivity index (χ2n) is 2.62. The fraction of sp³-hybridized carbons (Fsp3) is 0.0909. The van der Waals surface area contributed by atoms with Gasteiger partial charge in [-0.25, -0.2) is 4.79 Å². The number of carbonyl (C=O) groups is 1. The lowest BCUT2D eigenvalue weighted by Gasteiger charge is -1.97. The average molecular weight is 219 g/mol. The van der Waals surface area contributed by atoms with Crippen molar-refractivity contribution in [2.75, 3.05) is 7.11 Å². The highest BCUT2D eigenvalue weighted by Gasteiger charge is 1.97. The average Bonchev–Trinajstić information content (AvgIpc) is 2.28. The third kappa shape index (κ3) is 3.46. The van der Waals surface area contributed by atoms with Crippen molar-refractivity contribution in [3.05, 3.63) is 35.9 Å². The molecule has 0 spiro atoms. The third-order valence-electron chi connectivity index (χ3n) is 1.70. The fourth-order valence-corrected chi connectivity index (χ4v) is 1.10. The van der Waals surface area contributed by atoms with E-state index < -0.39 is 5.97 Å². The van der Waals surface area contributed by atoms with Crippen LogP contribution in [0.4, 0.5) is 5.69 Å². The predicted molar refractivity (Wildman–Crippen MR) is 62.2 cm³/mol. The maximum absolute atomic E-state index is 10.9. The van der Waals surface area contributed by atoms with Gasteiger partial charge in [0.15, 0.2) is 0 Å². The fourth-order valence-electron chi connectivity index (χ4n) is 1.01. The van der Waals surface area contributed by atoms with E-state index in [4.69, 9.17) is 0 Å². The van der Waals surface area contributed by atoms with E-state index in [2.05, 4.69) is 27.1 Å². The summed E-state index contributed by atoms with van der Waals surface area (Å²) in [5, 5.41) is 2.28. The molecule has 0 aliphatic carbocycles. The van der Waals surface area contributed by atoms with E-state index in [1.54, 1.807) is 12.1 Å². The van der Waals surface area contributed by atoms with Crippen molar-refractivity contribution in [2.24, 2.45) is 4.99 Å². The van der Waals surface area contributed by atoms with Crippen LogP contribution in [-0.2, 0) is 9.53 Å². The molecule has 1 aromatic carbocycles. The van der Waals surface area contributed by atoms with Gasteiger partial charge >= 0.3 is 5.97 Å². The number of ether oxygens (including phenoxy) is 1. The Balaban J connectivity index is 2.98. The Hall–Kier alpha value is -1.77. The summed E-state index contributed by atoms with van der Waals surface area (Å²) in [5.74, 6) is -0.406. The van der Waals surface area contributed by atoms with Gasteiger partial charge in [0, 0.05) is 11.6 Å². The van der Waals surface area contributed by atoms with Gasteiger partial charge in [0.05, 0.1) is 18.0 Å². The molecule has 1 aromatic rings. The first-order chi connectivity index (χ1) is 7.27. The number of benzene rings is 1. The monoisotopic (exact) mass is 219 g/mol. The molecule has 15 heavy (non-hydrogen) atoms. The minimum absolute atomic E-state index is 0.406. The molecule has 0 saturated heterocycles. The maximum Gasteiger partial charge on any atom is 0.330 e. The van der Waals surface area contributed by atoms with Gasteiger partial charge in [-0.2, -0.15) is 4.99 Å². The molecular formula is C11H9NO2S. The highest BCUT2D eigenvalue weighted by atomic mass is 32.1. The van der Waals surface area contributed by atoms with E-state index in [0.717, 1.165) is 5.56 Å². The molecule has 76 valence electrons. The third-order valence-corrected chi connectivity index (χ3v) is 1.79. The zero-order chi connectivity index (χ0) is 11.1. The van der Waals surface area contributed by atoms with Gasteiger partial charge in [0.25, 0.3) is 0 Å². The highest BCUT2D eigenvalue weighted by molar-refractivity contribution is 7.78. The minimum Gasteiger partial charge on any atom is -0.466 e. The van der Waals surface area contributed by atoms with Crippen LogP contribution in [0, 0.1) is 0 Å². The number of hydrogen-bond donors (Lipinski definition) is 0. The zero-order valence-electron chi connectivity index (χ0n) is 8.14. The van der Waals surface area contributed by atoms with Gasteiger partial charge in [0.1, 0.15) is 0 Å². The number of carbonyl (C=O) groups excluding carboxylic acids is 1. The molecule has 3 nitrogen and oxygen atoms in total. The normalized spacial score (nSPS) is 9.67. The van der Waals surface area contributed by atoms with Crippen molar-refractivity contribution in [2.45, 2.75) is 0 Å². The molecule has 1 rings (SSSR count). The van der Waals surface area contributed by atoms with Crippen LogP contribution in [0.25, 0.3) is 6.08 Å². The summed E-state index contributed by atoms with van der Waals surface area (Å²) in [6.07, 6.45) is 2.95. The Morgan fingerprint density at radius 1 is 1.53 bits per heavy atom. The first-order valence-corrected chi connectivity index (χ1v) is 4.61. The smallest absolute Gasteiger partial charge is 0.330 e. The molecule has 0 saturated carbocycles. The number of esters is 1. The minimum atomic E-state index is -0.406. The number of aliphatic imine (C=N–C) groups is 1. The van der Waals surface area contributed by atoms with Crippen molar-refractivity contribution >= 4 is 35.1 Å². The molecule has 0 bridgehead atoms. The van der Waals surface area contributed by atoms with Crippen molar-refractivity contribution in [3.63, 3.8) is 0 Å². The van der Waals surface area contributed by atoms with Crippen LogP contribution in [0.2, 0.25) is 0 Å². The molecule has 4 heteroatoms. The van der Waals surface area contributed by atoms with Crippen LogP contribution >= 0.6 is 12.2 Å². The molecule has 0 fully saturated rings. The lowest BCUT2D eigenvalue weighted by atomic mass is 10.1. The van der Waals surface area contributed by atoms with Crippen LogP contribution in [0.1, 0.15) is 5.56 Å². The Bertz CT molecular complexity index is 434. The number of nitrogens with zero attached hydrogens (tertiary/aromatic N) is 1. The number of hydrogen-bond acceptors (Lipinski definition) is 4. The summed E-state index contributed by atoms with van der Waals surface area (Å²) < 4.78 is 4.48. The first kappa shape index (κ1) is 11.3. The number of isothiocyanates is 1. The molecule has 0 aliphatic heterocycles. The van der Waals surface area contributed by atoms with E-state index in [1.807, 2.05) is 18.2 Å². The Labute approximate surface area is 93.1 Å². The quantitative estimate of drug-likeness (QED) is 0.339. The van der Waals surface area contributed by atoms with Gasteiger partial charge in [-0.05, 0) is 24.4 Å². The van der Waals surface area contributed by atoms with E-state index in [9.17, 15) is 4.79 Å². The lowest BCUT2D eigenvalue weighted by molar-refractivity contribution is -0.134. The summed E-state index contributed by atoms with van der Waals surface area (Å²) in [5.41, 5.74) is 1.47. The highest BCUT2D eigenvalue weighted by Crippen LogP contribution is 2.19. The van der Waals surface area contributed by atoms with E-state index in [-0.39, 0.29) is 0 Å².